The van der Waals surface area contributed by atoms with Gasteiger partial charge in [0.05, 0.1) is 11.8 Å². The Morgan fingerprint density at radius 1 is 1.15 bits per heavy atom. The molecule has 0 spiro atoms. The van der Waals surface area contributed by atoms with Gasteiger partial charge in [-0.05, 0) is 44.1 Å². The van der Waals surface area contributed by atoms with Crippen molar-refractivity contribution in [3.63, 3.8) is 0 Å². The molecule has 0 bridgehead atoms. The summed E-state index contributed by atoms with van der Waals surface area (Å²) in [7, 11) is -3.21. The van der Waals surface area contributed by atoms with Crippen molar-refractivity contribution in [1.29, 1.82) is 0 Å². The SMILES string of the molecule is CS(=O)(=O)N1CCC(C(=O)Nc2sc3c(c2C(N)=O)CCCCC3)CC1. The quantitative estimate of drug-likeness (QED) is 0.751. The highest BCUT2D eigenvalue weighted by Crippen LogP contribution is 2.37. The number of thiophene rings is 1. The van der Waals surface area contributed by atoms with Crippen molar-refractivity contribution in [3.8, 4) is 0 Å². The Morgan fingerprint density at radius 3 is 2.42 bits per heavy atom. The molecule has 2 amide bonds. The van der Waals surface area contributed by atoms with Crippen LogP contribution in [0.25, 0.3) is 0 Å². The highest BCUT2D eigenvalue weighted by molar-refractivity contribution is 7.88. The lowest BCUT2D eigenvalue weighted by molar-refractivity contribution is -0.120. The molecule has 1 aromatic heterocycles. The molecule has 3 rings (SSSR count). The molecule has 2 heterocycles. The number of nitrogens with one attached hydrogen (secondary N) is 1. The molecule has 1 aliphatic heterocycles. The number of nitrogens with zero attached hydrogens (tertiary/aromatic N) is 1. The number of piperidine rings is 1. The minimum Gasteiger partial charge on any atom is -0.365 e. The van der Waals surface area contributed by atoms with Crippen molar-refractivity contribution in [2.75, 3.05) is 24.7 Å². The Hall–Kier alpha value is -1.45. The summed E-state index contributed by atoms with van der Waals surface area (Å²) in [6.45, 7) is 0.696. The summed E-state index contributed by atoms with van der Waals surface area (Å²) < 4.78 is 24.6. The molecule has 1 aliphatic carbocycles. The zero-order valence-corrected chi connectivity index (χ0v) is 16.5. The number of primary amides is 1. The van der Waals surface area contributed by atoms with Gasteiger partial charge in [0.25, 0.3) is 5.91 Å². The average molecular weight is 400 g/mol. The summed E-state index contributed by atoms with van der Waals surface area (Å²) in [5.41, 5.74) is 7.07. The van der Waals surface area contributed by atoms with Crippen molar-refractivity contribution >= 4 is 38.2 Å². The smallest absolute Gasteiger partial charge is 0.251 e. The lowest BCUT2D eigenvalue weighted by Gasteiger charge is -2.29. The van der Waals surface area contributed by atoms with Crippen LogP contribution in [0, 0.1) is 5.92 Å². The fourth-order valence-corrected chi connectivity index (χ4v) is 5.93. The van der Waals surface area contributed by atoms with Crippen LogP contribution in [-0.2, 0) is 27.7 Å². The van der Waals surface area contributed by atoms with Crippen LogP contribution in [0.15, 0.2) is 0 Å². The molecule has 0 aromatic carbocycles. The van der Waals surface area contributed by atoms with Crippen molar-refractivity contribution in [2.24, 2.45) is 11.7 Å². The van der Waals surface area contributed by atoms with E-state index in [0.29, 0.717) is 36.5 Å². The fraction of sp³-hybridized carbons (Fsp3) is 0.647. The number of fused-ring (bicyclic) bond motifs is 1. The van der Waals surface area contributed by atoms with Gasteiger partial charge in [-0.1, -0.05) is 6.42 Å². The van der Waals surface area contributed by atoms with E-state index in [0.717, 1.165) is 42.5 Å². The summed E-state index contributed by atoms with van der Waals surface area (Å²) in [6, 6.07) is 0. The molecule has 0 unspecified atom stereocenters. The third-order valence-corrected chi connectivity index (χ3v) is 7.71. The number of amides is 2. The van der Waals surface area contributed by atoms with Crippen LogP contribution >= 0.6 is 11.3 Å². The molecular formula is C17H25N3O4S2. The minimum absolute atomic E-state index is 0.155. The van der Waals surface area contributed by atoms with Crippen LogP contribution in [0.1, 0.15) is 52.9 Å². The van der Waals surface area contributed by atoms with Gasteiger partial charge in [0.2, 0.25) is 15.9 Å². The summed E-state index contributed by atoms with van der Waals surface area (Å²) in [5.74, 6) is -0.903. The zero-order valence-electron chi connectivity index (χ0n) is 14.9. The third kappa shape index (κ3) is 4.10. The average Bonchev–Trinajstić information content (AvgIpc) is 2.75. The predicted octanol–water partition coefficient (Wildman–Crippen LogP) is 1.73. The second-order valence-electron chi connectivity index (χ2n) is 7.06. The number of anilines is 1. The Bertz CT molecular complexity index is 808. The van der Waals surface area contributed by atoms with E-state index in [1.165, 1.54) is 21.9 Å². The molecule has 144 valence electrons. The number of carbonyl (C=O) groups excluding carboxylic acids is 2. The van der Waals surface area contributed by atoms with Crippen molar-refractivity contribution in [3.05, 3.63) is 16.0 Å². The van der Waals surface area contributed by atoms with Gasteiger partial charge in [0, 0.05) is 23.9 Å². The minimum atomic E-state index is -3.21. The zero-order chi connectivity index (χ0) is 18.9. The van der Waals surface area contributed by atoms with Crippen LogP contribution < -0.4 is 11.1 Å². The molecule has 7 nitrogen and oxygen atoms in total. The van der Waals surface area contributed by atoms with E-state index in [-0.39, 0.29) is 11.8 Å². The van der Waals surface area contributed by atoms with E-state index in [2.05, 4.69) is 5.32 Å². The normalized spacial score (nSPS) is 19.6. The Labute approximate surface area is 158 Å². The first-order chi connectivity index (χ1) is 12.3. The van der Waals surface area contributed by atoms with Crippen LogP contribution in [-0.4, -0.2) is 43.9 Å². The summed E-state index contributed by atoms with van der Waals surface area (Å²) in [5, 5.41) is 3.46. The summed E-state index contributed by atoms with van der Waals surface area (Å²) in [4.78, 5) is 25.8. The summed E-state index contributed by atoms with van der Waals surface area (Å²) >= 11 is 1.46. The highest BCUT2D eigenvalue weighted by Gasteiger charge is 2.31. The van der Waals surface area contributed by atoms with Gasteiger partial charge < -0.3 is 11.1 Å². The summed E-state index contributed by atoms with van der Waals surface area (Å²) in [6.07, 6.45) is 7.15. The molecule has 0 atom stereocenters. The number of sulfonamides is 1. The molecule has 1 aromatic rings. The number of hydrogen-bond donors (Lipinski definition) is 2. The fourth-order valence-electron chi connectivity index (χ4n) is 3.75. The van der Waals surface area contributed by atoms with Gasteiger partial charge >= 0.3 is 0 Å². The molecule has 0 saturated carbocycles. The molecule has 1 saturated heterocycles. The molecule has 9 heteroatoms. The van der Waals surface area contributed by atoms with Gasteiger partial charge in [0.15, 0.2) is 0 Å². The molecule has 2 aliphatic rings. The van der Waals surface area contributed by atoms with E-state index in [1.54, 1.807) is 0 Å². The lowest BCUT2D eigenvalue weighted by atomic mass is 9.97. The first kappa shape index (κ1) is 19.3. The molecule has 3 N–H and O–H groups in total. The first-order valence-corrected chi connectivity index (χ1v) is 11.6. The van der Waals surface area contributed by atoms with E-state index >= 15 is 0 Å². The van der Waals surface area contributed by atoms with Gasteiger partial charge in [-0.2, -0.15) is 0 Å². The third-order valence-electron chi connectivity index (χ3n) is 5.20. The van der Waals surface area contributed by atoms with Gasteiger partial charge in [-0.3, -0.25) is 9.59 Å². The highest BCUT2D eigenvalue weighted by atomic mass is 32.2. The Balaban J connectivity index is 1.73. The number of nitrogens with two attached hydrogens (primary N) is 1. The van der Waals surface area contributed by atoms with E-state index in [1.807, 2.05) is 0 Å². The van der Waals surface area contributed by atoms with E-state index < -0.39 is 15.9 Å². The van der Waals surface area contributed by atoms with Crippen LogP contribution in [0.2, 0.25) is 0 Å². The van der Waals surface area contributed by atoms with Gasteiger partial charge in [-0.25, -0.2) is 12.7 Å². The maximum absolute atomic E-state index is 12.7. The number of hydrogen-bond acceptors (Lipinski definition) is 5. The van der Waals surface area contributed by atoms with E-state index in [9.17, 15) is 18.0 Å². The van der Waals surface area contributed by atoms with Gasteiger partial charge in [-0.15, -0.1) is 11.3 Å². The van der Waals surface area contributed by atoms with Crippen LogP contribution in [0.3, 0.4) is 0 Å². The Kier molecular flexibility index (Phi) is 5.69. The monoisotopic (exact) mass is 399 g/mol. The second kappa shape index (κ2) is 7.66. The predicted molar refractivity (Wildman–Crippen MR) is 102 cm³/mol. The molecule has 1 fully saturated rings. The van der Waals surface area contributed by atoms with Crippen molar-refractivity contribution in [1.82, 2.24) is 4.31 Å². The van der Waals surface area contributed by atoms with Gasteiger partial charge in [0.1, 0.15) is 5.00 Å². The number of rotatable bonds is 4. The standard InChI is InChI=1S/C17H25N3O4S2/c1-26(23,24)20-9-7-11(8-10-20)16(22)19-17-14(15(18)21)12-5-3-2-4-6-13(12)25-17/h11H,2-10H2,1H3,(H2,18,21)(H,19,22). The second-order valence-corrected chi connectivity index (χ2v) is 10.1. The Morgan fingerprint density at radius 2 is 1.81 bits per heavy atom. The van der Waals surface area contributed by atoms with Crippen LogP contribution in [0.4, 0.5) is 5.00 Å². The number of carbonyl (C=O) groups is 2. The van der Waals surface area contributed by atoms with Crippen molar-refractivity contribution < 1.29 is 18.0 Å². The topological polar surface area (TPSA) is 110 Å². The van der Waals surface area contributed by atoms with Crippen molar-refractivity contribution in [2.45, 2.75) is 44.9 Å². The maximum atomic E-state index is 12.7. The van der Waals surface area contributed by atoms with Crippen LogP contribution in [0.5, 0.6) is 0 Å². The lowest BCUT2D eigenvalue weighted by Crippen LogP contribution is -2.40. The van der Waals surface area contributed by atoms with E-state index in [4.69, 9.17) is 5.73 Å². The number of aryl methyl sites for hydroxylation is 1. The maximum Gasteiger partial charge on any atom is 0.251 e. The molecule has 26 heavy (non-hydrogen) atoms. The molecule has 0 radical (unpaired) electrons. The first-order valence-electron chi connectivity index (χ1n) is 8.97. The largest absolute Gasteiger partial charge is 0.365 e. The molecular weight excluding hydrogens is 374 g/mol.